The van der Waals surface area contributed by atoms with Crippen molar-refractivity contribution in [3.8, 4) is 28.4 Å². The SMILES string of the molecule is COc1ccc(-c2cc(C3CCN(C(=O)N(C)O)CC3)nn2-c2cccc(OC)c2)cc1. The Balaban J connectivity index is 1.67. The Kier molecular flexibility index (Phi) is 6.32. The van der Waals surface area contributed by atoms with Gasteiger partial charge in [0.1, 0.15) is 11.5 Å². The number of benzene rings is 2. The maximum Gasteiger partial charge on any atom is 0.343 e. The smallest absolute Gasteiger partial charge is 0.343 e. The van der Waals surface area contributed by atoms with Gasteiger partial charge in [-0.05, 0) is 55.3 Å². The molecule has 168 valence electrons. The number of rotatable bonds is 5. The third kappa shape index (κ3) is 4.40. The molecule has 1 aromatic heterocycles. The number of amides is 2. The summed E-state index contributed by atoms with van der Waals surface area (Å²) in [7, 11) is 4.65. The van der Waals surface area contributed by atoms with Gasteiger partial charge in [-0.1, -0.05) is 6.07 Å². The average Bonchev–Trinajstić information content (AvgIpc) is 3.29. The maximum atomic E-state index is 12.0. The molecule has 32 heavy (non-hydrogen) atoms. The topological polar surface area (TPSA) is 80.1 Å². The van der Waals surface area contributed by atoms with Gasteiger partial charge in [0.2, 0.25) is 0 Å². The summed E-state index contributed by atoms with van der Waals surface area (Å²) in [5.41, 5.74) is 3.91. The molecule has 8 heteroatoms. The van der Waals surface area contributed by atoms with Crippen molar-refractivity contribution in [1.82, 2.24) is 19.7 Å². The molecule has 8 nitrogen and oxygen atoms in total. The zero-order chi connectivity index (χ0) is 22.7. The van der Waals surface area contributed by atoms with Gasteiger partial charge >= 0.3 is 6.03 Å². The Morgan fingerprint density at radius 2 is 1.72 bits per heavy atom. The molecule has 0 radical (unpaired) electrons. The lowest BCUT2D eigenvalue weighted by Gasteiger charge is -2.32. The van der Waals surface area contributed by atoms with Gasteiger partial charge in [0.05, 0.1) is 31.3 Å². The molecule has 1 aliphatic heterocycles. The quantitative estimate of drug-likeness (QED) is 0.480. The van der Waals surface area contributed by atoms with Crippen LogP contribution in [0.1, 0.15) is 24.5 Å². The van der Waals surface area contributed by atoms with Crippen molar-refractivity contribution >= 4 is 6.03 Å². The molecule has 1 fully saturated rings. The largest absolute Gasteiger partial charge is 0.497 e. The predicted octanol–water partition coefficient (Wildman–Crippen LogP) is 4.18. The molecule has 1 aliphatic rings. The standard InChI is InChI=1S/C24H28N4O4/c1-26(30)24(29)27-13-11-17(12-14-27)22-16-23(18-7-9-20(31-2)10-8-18)28(25-22)19-5-4-6-21(15-19)32-3/h4-10,15-17,30H,11-14H2,1-3H3. The minimum Gasteiger partial charge on any atom is -0.497 e. The molecule has 2 heterocycles. The molecule has 0 unspecified atom stereocenters. The fourth-order valence-electron chi connectivity index (χ4n) is 4.08. The molecule has 3 aromatic rings. The summed E-state index contributed by atoms with van der Waals surface area (Å²) < 4.78 is 12.7. The zero-order valence-electron chi connectivity index (χ0n) is 18.6. The molecular formula is C24H28N4O4. The van der Waals surface area contributed by atoms with E-state index in [2.05, 4.69) is 6.07 Å². The van der Waals surface area contributed by atoms with Crippen molar-refractivity contribution in [2.75, 3.05) is 34.4 Å². The van der Waals surface area contributed by atoms with Crippen molar-refractivity contribution in [1.29, 1.82) is 0 Å². The second-order valence-electron chi connectivity index (χ2n) is 7.86. The number of likely N-dealkylation sites (tertiary alicyclic amines) is 1. The number of urea groups is 1. The van der Waals surface area contributed by atoms with Gasteiger partial charge in [-0.3, -0.25) is 5.21 Å². The normalized spacial score (nSPS) is 14.3. The number of carbonyl (C=O) groups excluding carboxylic acids is 1. The molecule has 4 rings (SSSR count). The van der Waals surface area contributed by atoms with E-state index >= 15 is 0 Å². The van der Waals surface area contributed by atoms with Crippen molar-refractivity contribution in [3.63, 3.8) is 0 Å². The number of carbonyl (C=O) groups is 1. The Labute approximate surface area is 187 Å². The van der Waals surface area contributed by atoms with Crippen LogP contribution in [-0.4, -0.2) is 65.3 Å². The first kappa shape index (κ1) is 21.7. The first-order chi connectivity index (χ1) is 15.5. The summed E-state index contributed by atoms with van der Waals surface area (Å²) >= 11 is 0. The fraction of sp³-hybridized carbons (Fsp3) is 0.333. The van der Waals surface area contributed by atoms with E-state index in [0.717, 1.165) is 47.0 Å². The fourth-order valence-corrected chi connectivity index (χ4v) is 4.08. The number of hydrogen-bond donors (Lipinski definition) is 1. The van der Waals surface area contributed by atoms with E-state index in [4.69, 9.17) is 14.6 Å². The monoisotopic (exact) mass is 436 g/mol. The van der Waals surface area contributed by atoms with E-state index in [-0.39, 0.29) is 11.9 Å². The van der Waals surface area contributed by atoms with E-state index in [1.54, 1.807) is 19.1 Å². The van der Waals surface area contributed by atoms with E-state index < -0.39 is 0 Å². The molecule has 2 amide bonds. The summed E-state index contributed by atoms with van der Waals surface area (Å²) in [5, 5.41) is 15.0. The van der Waals surface area contributed by atoms with E-state index in [0.29, 0.717) is 18.2 Å². The Morgan fingerprint density at radius 3 is 2.34 bits per heavy atom. The highest BCUT2D eigenvalue weighted by Crippen LogP contribution is 2.33. The van der Waals surface area contributed by atoms with Crippen LogP contribution in [0.5, 0.6) is 11.5 Å². The third-order valence-corrected chi connectivity index (χ3v) is 5.87. The number of methoxy groups -OCH3 is 2. The van der Waals surface area contributed by atoms with Crippen LogP contribution in [0.3, 0.4) is 0 Å². The minimum absolute atomic E-state index is 0.229. The molecule has 0 bridgehead atoms. The van der Waals surface area contributed by atoms with E-state index in [1.165, 1.54) is 7.05 Å². The van der Waals surface area contributed by atoms with Gasteiger partial charge in [-0.15, -0.1) is 0 Å². The van der Waals surface area contributed by atoms with Crippen molar-refractivity contribution in [3.05, 3.63) is 60.3 Å². The highest BCUT2D eigenvalue weighted by molar-refractivity contribution is 5.73. The molecule has 0 saturated carbocycles. The molecule has 0 atom stereocenters. The lowest BCUT2D eigenvalue weighted by Crippen LogP contribution is -2.43. The zero-order valence-corrected chi connectivity index (χ0v) is 18.6. The van der Waals surface area contributed by atoms with Crippen LogP contribution in [0, 0.1) is 0 Å². The first-order valence-electron chi connectivity index (χ1n) is 10.6. The van der Waals surface area contributed by atoms with Crippen LogP contribution in [0.25, 0.3) is 16.9 Å². The minimum atomic E-state index is -0.371. The summed E-state index contributed by atoms with van der Waals surface area (Å²) in [6.45, 7) is 1.16. The second-order valence-corrected chi connectivity index (χ2v) is 7.86. The van der Waals surface area contributed by atoms with Gasteiger partial charge in [0.25, 0.3) is 0 Å². The van der Waals surface area contributed by atoms with Gasteiger partial charge in [-0.25, -0.2) is 14.5 Å². The summed E-state index contributed by atoms with van der Waals surface area (Å²) in [5.74, 6) is 1.79. The van der Waals surface area contributed by atoms with Crippen LogP contribution in [0.2, 0.25) is 0 Å². The second kappa shape index (κ2) is 9.32. The number of ether oxygens (including phenoxy) is 2. The molecule has 0 aliphatic carbocycles. The van der Waals surface area contributed by atoms with Crippen LogP contribution >= 0.6 is 0 Å². The van der Waals surface area contributed by atoms with Gasteiger partial charge < -0.3 is 14.4 Å². The number of hydrogen-bond acceptors (Lipinski definition) is 5. The number of nitrogens with zero attached hydrogens (tertiary/aromatic N) is 4. The van der Waals surface area contributed by atoms with Crippen LogP contribution in [0.15, 0.2) is 54.6 Å². The molecule has 1 saturated heterocycles. The Bertz CT molecular complexity index is 1070. The summed E-state index contributed by atoms with van der Waals surface area (Å²) in [6.07, 6.45) is 1.58. The van der Waals surface area contributed by atoms with Crippen molar-refractivity contribution < 1.29 is 19.5 Å². The first-order valence-corrected chi connectivity index (χ1v) is 10.6. The Hall–Kier alpha value is -3.52. The molecule has 1 N–H and O–H groups in total. The average molecular weight is 437 g/mol. The summed E-state index contributed by atoms with van der Waals surface area (Å²) in [6, 6.07) is 17.5. The molecule has 2 aromatic carbocycles. The van der Waals surface area contributed by atoms with Gasteiger partial charge in [-0.2, -0.15) is 5.10 Å². The van der Waals surface area contributed by atoms with Crippen molar-refractivity contribution in [2.45, 2.75) is 18.8 Å². The van der Waals surface area contributed by atoms with Crippen LogP contribution in [-0.2, 0) is 0 Å². The number of aromatic nitrogens is 2. The third-order valence-electron chi connectivity index (χ3n) is 5.87. The summed E-state index contributed by atoms with van der Waals surface area (Å²) in [4.78, 5) is 13.7. The molecular weight excluding hydrogens is 408 g/mol. The molecule has 0 spiro atoms. The highest BCUT2D eigenvalue weighted by atomic mass is 16.5. The van der Waals surface area contributed by atoms with Crippen LogP contribution < -0.4 is 9.47 Å². The number of hydroxylamine groups is 2. The van der Waals surface area contributed by atoms with E-state index in [1.807, 2.05) is 53.2 Å². The predicted molar refractivity (Wildman–Crippen MR) is 121 cm³/mol. The van der Waals surface area contributed by atoms with Gasteiger partial charge in [0, 0.05) is 37.7 Å². The maximum absolute atomic E-state index is 12.0. The Morgan fingerprint density at radius 1 is 1.03 bits per heavy atom. The van der Waals surface area contributed by atoms with E-state index in [9.17, 15) is 10.0 Å². The lowest BCUT2D eigenvalue weighted by atomic mass is 9.93. The highest BCUT2D eigenvalue weighted by Gasteiger charge is 2.27. The van der Waals surface area contributed by atoms with Gasteiger partial charge in [0.15, 0.2) is 0 Å². The number of piperidine rings is 1. The lowest BCUT2D eigenvalue weighted by molar-refractivity contribution is -0.0356. The van der Waals surface area contributed by atoms with Crippen molar-refractivity contribution in [2.24, 2.45) is 0 Å². The van der Waals surface area contributed by atoms with Crippen LogP contribution in [0.4, 0.5) is 4.79 Å².